The first kappa shape index (κ1) is 16.6. The van der Waals surface area contributed by atoms with E-state index in [0.717, 1.165) is 29.4 Å². The number of halogens is 1. The lowest BCUT2D eigenvalue weighted by Crippen LogP contribution is -2.37. The van der Waals surface area contributed by atoms with Crippen LogP contribution in [0.1, 0.15) is 59.4 Å². The number of nitrogens with zero attached hydrogens (tertiary/aromatic N) is 2. The minimum absolute atomic E-state index is 0.0991. The number of nitrogens with one attached hydrogen (secondary N) is 2. The quantitative estimate of drug-likeness (QED) is 0.830. The van der Waals surface area contributed by atoms with Crippen LogP contribution in [0.5, 0.6) is 0 Å². The highest BCUT2D eigenvalue weighted by Crippen LogP contribution is 2.39. The lowest BCUT2D eigenvalue weighted by molar-refractivity contribution is 0.0933. The molecule has 6 heteroatoms. The SMILES string of the molecule is O=C(NCC(c1ccccc1Cl)N1CCCC1)c1cc(C2CC2)[nH]n1. The smallest absolute Gasteiger partial charge is 0.271 e. The number of rotatable bonds is 6. The van der Waals surface area contributed by atoms with Crippen LogP contribution < -0.4 is 5.32 Å². The molecule has 1 aliphatic carbocycles. The Bertz CT molecular complexity index is 749. The number of aromatic nitrogens is 2. The van der Waals surface area contributed by atoms with E-state index < -0.39 is 0 Å². The van der Waals surface area contributed by atoms with E-state index in [9.17, 15) is 4.79 Å². The van der Waals surface area contributed by atoms with Gasteiger partial charge < -0.3 is 5.32 Å². The van der Waals surface area contributed by atoms with E-state index in [1.165, 1.54) is 25.7 Å². The summed E-state index contributed by atoms with van der Waals surface area (Å²) in [7, 11) is 0. The normalized spacial score (nSPS) is 19.1. The van der Waals surface area contributed by atoms with E-state index in [0.29, 0.717) is 18.2 Å². The number of likely N-dealkylation sites (tertiary alicyclic amines) is 1. The highest BCUT2D eigenvalue weighted by molar-refractivity contribution is 6.31. The van der Waals surface area contributed by atoms with Crippen molar-refractivity contribution in [1.82, 2.24) is 20.4 Å². The minimum atomic E-state index is -0.126. The second kappa shape index (κ2) is 7.18. The molecule has 2 aromatic rings. The van der Waals surface area contributed by atoms with Crippen LogP contribution in [0.25, 0.3) is 0 Å². The first-order chi connectivity index (χ1) is 12.2. The minimum Gasteiger partial charge on any atom is -0.349 e. The summed E-state index contributed by atoms with van der Waals surface area (Å²) in [5.74, 6) is 0.439. The van der Waals surface area contributed by atoms with Crippen LogP contribution in [0.3, 0.4) is 0 Å². The van der Waals surface area contributed by atoms with Crippen molar-refractivity contribution in [1.29, 1.82) is 0 Å². The van der Waals surface area contributed by atoms with Gasteiger partial charge in [0.2, 0.25) is 0 Å². The number of hydrogen-bond acceptors (Lipinski definition) is 3. The van der Waals surface area contributed by atoms with Gasteiger partial charge in [-0.3, -0.25) is 14.8 Å². The summed E-state index contributed by atoms with van der Waals surface area (Å²) in [4.78, 5) is 14.9. The maximum absolute atomic E-state index is 12.5. The van der Waals surface area contributed by atoms with Gasteiger partial charge in [-0.15, -0.1) is 0 Å². The summed E-state index contributed by atoms with van der Waals surface area (Å²) >= 11 is 6.42. The number of benzene rings is 1. The fourth-order valence-electron chi connectivity index (χ4n) is 3.57. The molecule has 2 N–H and O–H groups in total. The highest BCUT2D eigenvalue weighted by Gasteiger charge is 2.28. The first-order valence-corrected chi connectivity index (χ1v) is 9.42. The van der Waals surface area contributed by atoms with Crippen molar-refractivity contribution in [3.8, 4) is 0 Å². The molecule has 1 aromatic heterocycles. The Labute approximate surface area is 152 Å². The van der Waals surface area contributed by atoms with E-state index in [-0.39, 0.29) is 11.9 Å². The Morgan fingerprint density at radius 3 is 2.80 bits per heavy atom. The van der Waals surface area contributed by atoms with Crippen molar-refractivity contribution >= 4 is 17.5 Å². The lowest BCUT2D eigenvalue weighted by atomic mass is 10.1. The molecule has 2 heterocycles. The van der Waals surface area contributed by atoms with Gasteiger partial charge in [-0.1, -0.05) is 29.8 Å². The third kappa shape index (κ3) is 3.72. The van der Waals surface area contributed by atoms with E-state index in [1.54, 1.807) is 0 Å². The van der Waals surface area contributed by atoms with Gasteiger partial charge in [-0.2, -0.15) is 5.10 Å². The number of aromatic amines is 1. The van der Waals surface area contributed by atoms with Crippen LogP contribution in [-0.2, 0) is 0 Å². The Morgan fingerprint density at radius 2 is 2.08 bits per heavy atom. The summed E-state index contributed by atoms with van der Waals surface area (Å²) in [6, 6.07) is 9.89. The van der Waals surface area contributed by atoms with Gasteiger partial charge in [0.1, 0.15) is 5.69 Å². The zero-order chi connectivity index (χ0) is 17.2. The number of H-pyrrole nitrogens is 1. The Morgan fingerprint density at radius 1 is 1.32 bits per heavy atom. The summed E-state index contributed by atoms with van der Waals surface area (Å²) < 4.78 is 0. The molecule has 4 rings (SSSR count). The summed E-state index contributed by atoms with van der Waals surface area (Å²) in [6.45, 7) is 2.62. The maximum Gasteiger partial charge on any atom is 0.271 e. The molecule has 1 saturated heterocycles. The molecular formula is C19H23ClN4O. The molecule has 0 radical (unpaired) electrons. The van der Waals surface area contributed by atoms with E-state index in [1.807, 2.05) is 24.3 Å². The monoisotopic (exact) mass is 358 g/mol. The van der Waals surface area contributed by atoms with E-state index >= 15 is 0 Å². The lowest BCUT2D eigenvalue weighted by Gasteiger charge is -2.28. The van der Waals surface area contributed by atoms with Crippen molar-refractivity contribution in [2.45, 2.75) is 37.6 Å². The molecule has 1 aliphatic heterocycles. The zero-order valence-corrected chi connectivity index (χ0v) is 14.9. The number of carbonyl (C=O) groups excluding carboxylic acids is 1. The molecule has 2 fully saturated rings. The topological polar surface area (TPSA) is 61.0 Å². The molecule has 5 nitrogen and oxygen atoms in total. The fraction of sp³-hybridized carbons (Fsp3) is 0.474. The molecular weight excluding hydrogens is 336 g/mol. The van der Waals surface area contributed by atoms with Crippen LogP contribution in [0.2, 0.25) is 5.02 Å². The summed E-state index contributed by atoms with van der Waals surface area (Å²) in [6.07, 6.45) is 4.76. The molecule has 0 bridgehead atoms. The van der Waals surface area contributed by atoms with Crippen molar-refractivity contribution in [2.75, 3.05) is 19.6 Å². The average Bonchev–Trinajstić information content (AvgIpc) is 3.12. The van der Waals surface area contributed by atoms with Gasteiger partial charge in [-0.25, -0.2) is 0 Å². The predicted octanol–water partition coefficient (Wildman–Crippen LogP) is 3.51. The Balaban J connectivity index is 1.46. The molecule has 2 aliphatic rings. The molecule has 1 unspecified atom stereocenters. The van der Waals surface area contributed by atoms with Crippen molar-refractivity contribution in [2.24, 2.45) is 0 Å². The number of carbonyl (C=O) groups is 1. The van der Waals surface area contributed by atoms with Crippen LogP contribution in [0, 0.1) is 0 Å². The average molecular weight is 359 g/mol. The molecule has 0 spiro atoms. The molecule has 1 saturated carbocycles. The van der Waals surface area contributed by atoms with Crippen LogP contribution >= 0.6 is 11.6 Å². The van der Waals surface area contributed by atoms with E-state index in [4.69, 9.17) is 11.6 Å². The third-order valence-corrected chi connectivity index (χ3v) is 5.49. The van der Waals surface area contributed by atoms with Crippen LogP contribution in [0.15, 0.2) is 30.3 Å². The van der Waals surface area contributed by atoms with Crippen molar-refractivity contribution < 1.29 is 4.79 Å². The van der Waals surface area contributed by atoms with Gasteiger partial charge in [0.15, 0.2) is 0 Å². The molecule has 25 heavy (non-hydrogen) atoms. The van der Waals surface area contributed by atoms with Crippen LogP contribution in [0.4, 0.5) is 0 Å². The van der Waals surface area contributed by atoms with Gasteiger partial charge in [-0.05, 0) is 56.5 Å². The van der Waals surface area contributed by atoms with Gasteiger partial charge in [0.25, 0.3) is 5.91 Å². The summed E-state index contributed by atoms with van der Waals surface area (Å²) in [5.41, 5.74) is 2.63. The molecule has 1 atom stereocenters. The number of amides is 1. The highest BCUT2D eigenvalue weighted by atomic mass is 35.5. The van der Waals surface area contributed by atoms with Crippen molar-refractivity contribution in [3.63, 3.8) is 0 Å². The second-order valence-corrected chi connectivity index (χ2v) is 7.38. The van der Waals surface area contributed by atoms with Gasteiger partial charge >= 0.3 is 0 Å². The largest absolute Gasteiger partial charge is 0.349 e. The molecule has 1 aromatic carbocycles. The van der Waals surface area contributed by atoms with Crippen LogP contribution in [-0.4, -0.2) is 40.6 Å². The van der Waals surface area contributed by atoms with E-state index in [2.05, 4.69) is 26.5 Å². The fourth-order valence-corrected chi connectivity index (χ4v) is 3.83. The Kier molecular flexibility index (Phi) is 4.77. The standard InChI is InChI=1S/C19H23ClN4O/c20-15-6-2-1-5-14(15)18(24-9-3-4-10-24)12-21-19(25)17-11-16(22-23-17)13-7-8-13/h1-2,5-6,11,13,18H,3-4,7-10,12H2,(H,21,25)(H,22,23). The van der Waals surface area contributed by atoms with Crippen molar-refractivity contribution in [3.05, 3.63) is 52.3 Å². The Hall–Kier alpha value is -1.85. The number of hydrogen-bond donors (Lipinski definition) is 2. The first-order valence-electron chi connectivity index (χ1n) is 9.04. The molecule has 1 amide bonds. The third-order valence-electron chi connectivity index (χ3n) is 5.15. The van der Waals surface area contributed by atoms with Gasteiger partial charge in [0.05, 0.1) is 6.04 Å². The zero-order valence-electron chi connectivity index (χ0n) is 14.2. The second-order valence-electron chi connectivity index (χ2n) is 6.97. The molecule has 132 valence electrons. The van der Waals surface area contributed by atoms with Gasteiger partial charge in [0, 0.05) is 23.2 Å². The predicted molar refractivity (Wildman–Crippen MR) is 97.9 cm³/mol. The summed E-state index contributed by atoms with van der Waals surface area (Å²) in [5, 5.41) is 11.0. The maximum atomic E-state index is 12.5.